The summed E-state index contributed by atoms with van der Waals surface area (Å²) in [7, 11) is 0. The Morgan fingerprint density at radius 3 is 2.95 bits per heavy atom. The molecule has 1 heterocycles. The number of benzene rings is 1. The molecule has 2 atom stereocenters. The van der Waals surface area contributed by atoms with Gasteiger partial charge in [-0.05, 0) is 32.4 Å². The number of rotatable bonds is 4. The largest absolute Gasteiger partial charge is 0.313 e. The van der Waals surface area contributed by atoms with Gasteiger partial charge in [0.05, 0.1) is 0 Å². The van der Waals surface area contributed by atoms with E-state index in [1.165, 1.54) is 12.8 Å². The van der Waals surface area contributed by atoms with Crippen molar-refractivity contribution in [2.75, 3.05) is 19.6 Å². The van der Waals surface area contributed by atoms with E-state index in [4.69, 9.17) is 0 Å². The van der Waals surface area contributed by atoms with Crippen molar-refractivity contribution >= 4 is 0 Å². The van der Waals surface area contributed by atoms with Gasteiger partial charge in [0.2, 0.25) is 0 Å². The fraction of sp³-hybridized carbons (Fsp3) is 0.625. The number of halogens is 1. The van der Waals surface area contributed by atoms with Crippen molar-refractivity contribution in [3.05, 3.63) is 35.6 Å². The van der Waals surface area contributed by atoms with Gasteiger partial charge in [-0.2, -0.15) is 0 Å². The van der Waals surface area contributed by atoms with Gasteiger partial charge in [0, 0.05) is 30.7 Å². The molecule has 0 bridgehead atoms. The SMILES string of the molecule is CCCC1CN(C(C)c2ccccc2F)CCCN1. The Bertz CT molecular complexity index is 394. The van der Waals surface area contributed by atoms with Crippen molar-refractivity contribution in [2.45, 2.75) is 45.2 Å². The third-order valence-corrected chi connectivity index (χ3v) is 4.05. The van der Waals surface area contributed by atoms with Crippen molar-refractivity contribution < 1.29 is 4.39 Å². The van der Waals surface area contributed by atoms with Crippen LogP contribution in [0.25, 0.3) is 0 Å². The van der Waals surface area contributed by atoms with Gasteiger partial charge in [0.15, 0.2) is 0 Å². The predicted molar refractivity (Wildman–Crippen MR) is 77.7 cm³/mol. The van der Waals surface area contributed by atoms with Gasteiger partial charge in [-0.25, -0.2) is 4.39 Å². The zero-order chi connectivity index (χ0) is 13.7. The summed E-state index contributed by atoms with van der Waals surface area (Å²) in [6, 6.07) is 7.85. The smallest absolute Gasteiger partial charge is 0.127 e. The zero-order valence-corrected chi connectivity index (χ0v) is 12.0. The van der Waals surface area contributed by atoms with Crippen LogP contribution < -0.4 is 5.32 Å². The van der Waals surface area contributed by atoms with Gasteiger partial charge in [-0.1, -0.05) is 31.5 Å². The topological polar surface area (TPSA) is 15.3 Å². The molecule has 0 saturated carbocycles. The van der Waals surface area contributed by atoms with Crippen molar-refractivity contribution in [1.29, 1.82) is 0 Å². The number of nitrogens with zero attached hydrogens (tertiary/aromatic N) is 1. The molecule has 1 aliphatic heterocycles. The van der Waals surface area contributed by atoms with Crippen molar-refractivity contribution in [1.82, 2.24) is 10.2 Å². The summed E-state index contributed by atoms with van der Waals surface area (Å²) in [6.45, 7) is 7.47. The van der Waals surface area contributed by atoms with Gasteiger partial charge in [-0.3, -0.25) is 4.90 Å². The van der Waals surface area contributed by atoms with Gasteiger partial charge < -0.3 is 5.32 Å². The van der Waals surface area contributed by atoms with Crippen LogP contribution in [-0.2, 0) is 0 Å². The number of nitrogens with one attached hydrogen (secondary N) is 1. The van der Waals surface area contributed by atoms with Crippen LogP contribution in [0.5, 0.6) is 0 Å². The molecule has 0 aliphatic carbocycles. The summed E-state index contributed by atoms with van der Waals surface area (Å²) in [4.78, 5) is 2.42. The van der Waals surface area contributed by atoms with Crippen LogP contribution in [0.1, 0.15) is 44.7 Å². The second-order valence-electron chi connectivity index (χ2n) is 5.49. The summed E-state index contributed by atoms with van der Waals surface area (Å²) < 4.78 is 13.9. The van der Waals surface area contributed by atoms with E-state index in [9.17, 15) is 4.39 Å². The van der Waals surface area contributed by atoms with E-state index < -0.39 is 0 Å². The van der Waals surface area contributed by atoms with Gasteiger partial charge >= 0.3 is 0 Å². The van der Waals surface area contributed by atoms with E-state index in [-0.39, 0.29) is 11.9 Å². The molecule has 1 aromatic carbocycles. The molecule has 0 radical (unpaired) electrons. The van der Waals surface area contributed by atoms with Crippen LogP contribution in [0.3, 0.4) is 0 Å². The first-order valence-corrected chi connectivity index (χ1v) is 7.44. The van der Waals surface area contributed by atoms with Crippen LogP contribution in [-0.4, -0.2) is 30.6 Å². The molecular formula is C16H25FN2. The average molecular weight is 264 g/mol. The third-order valence-electron chi connectivity index (χ3n) is 4.05. The fourth-order valence-corrected chi connectivity index (χ4v) is 2.93. The highest BCUT2D eigenvalue weighted by atomic mass is 19.1. The Morgan fingerprint density at radius 2 is 2.21 bits per heavy atom. The van der Waals surface area contributed by atoms with Crippen molar-refractivity contribution in [3.8, 4) is 0 Å². The van der Waals surface area contributed by atoms with E-state index in [1.54, 1.807) is 12.1 Å². The molecule has 0 aromatic heterocycles. The quantitative estimate of drug-likeness (QED) is 0.897. The molecule has 1 aromatic rings. The van der Waals surface area contributed by atoms with Gasteiger partial charge in [0.1, 0.15) is 5.82 Å². The molecule has 0 spiro atoms. The molecule has 2 nitrogen and oxygen atoms in total. The van der Waals surface area contributed by atoms with E-state index in [0.717, 1.165) is 31.6 Å². The standard InChI is InChI=1S/C16H25FN2/c1-3-7-14-12-19(11-6-10-18-14)13(2)15-8-4-5-9-16(15)17/h4-5,8-9,13-14,18H,3,6-7,10-12H2,1-2H3. The first-order chi connectivity index (χ1) is 9.22. The highest BCUT2D eigenvalue weighted by molar-refractivity contribution is 5.20. The molecular weight excluding hydrogens is 239 g/mol. The normalized spacial score (nSPS) is 23.0. The van der Waals surface area contributed by atoms with E-state index in [1.807, 2.05) is 12.1 Å². The molecule has 1 fully saturated rings. The summed E-state index contributed by atoms with van der Waals surface area (Å²) in [5.74, 6) is -0.0840. The predicted octanol–water partition coefficient (Wildman–Crippen LogP) is 3.35. The van der Waals surface area contributed by atoms with Crippen LogP contribution in [0, 0.1) is 5.82 Å². The minimum absolute atomic E-state index is 0.0840. The lowest BCUT2D eigenvalue weighted by molar-refractivity contribution is 0.200. The fourth-order valence-electron chi connectivity index (χ4n) is 2.93. The van der Waals surface area contributed by atoms with Crippen LogP contribution in [0.4, 0.5) is 4.39 Å². The average Bonchev–Trinajstić information content (AvgIpc) is 2.65. The molecule has 1 saturated heterocycles. The molecule has 1 aliphatic rings. The first kappa shape index (κ1) is 14.5. The maximum absolute atomic E-state index is 13.9. The number of hydrogen-bond donors (Lipinski definition) is 1. The summed E-state index contributed by atoms with van der Waals surface area (Å²) in [5, 5.41) is 3.60. The monoisotopic (exact) mass is 264 g/mol. The van der Waals surface area contributed by atoms with Crippen LogP contribution in [0.15, 0.2) is 24.3 Å². The Morgan fingerprint density at radius 1 is 1.42 bits per heavy atom. The molecule has 1 N–H and O–H groups in total. The first-order valence-electron chi connectivity index (χ1n) is 7.44. The highest BCUT2D eigenvalue weighted by Crippen LogP contribution is 2.24. The van der Waals surface area contributed by atoms with Gasteiger partial charge in [0.25, 0.3) is 0 Å². The minimum Gasteiger partial charge on any atom is -0.313 e. The molecule has 0 amide bonds. The molecule has 2 unspecified atom stereocenters. The minimum atomic E-state index is -0.0840. The van der Waals surface area contributed by atoms with Crippen LogP contribution >= 0.6 is 0 Å². The zero-order valence-electron chi connectivity index (χ0n) is 12.0. The summed E-state index contributed by atoms with van der Waals surface area (Å²) in [5.41, 5.74) is 0.819. The lowest BCUT2D eigenvalue weighted by Crippen LogP contribution is -2.38. The maximum atomic E-state index is 13.9. The van der Waals surface area contributed by atoms with E-state index >= 15 is 0 Å². The van der Waals surface area contributed by atoms with Crippen LogP contribution in [0.2, 0.25) is 0 Å². The second-order valence-corrected chi connectivity index (χ2v) is 5.49. The Kier molecular flexibility index (Phi) is 5.34. The molecule has 2 rings (SSSR count). The second kappa shape index (κ2) is 7.01. The molecule has 3 heteroatoms. The van der Waals surface area contributed by atoms with Crippen molar-refractivity contribution in [2.24, 2.45) is 0 Å². The Balaban J connectivity index is 2.08. The maximum Gasteiger partial charge on any atom is 0.127 e. The highest BCUT2D eigenvalue weighted by Gasteiger charge is 2.23. The Labute approximate surface area is 116 Å². The lowest BCUT2D eigenvalue weighted by Gasteiger charge is -2.30. The van der Waals surface area contributed by atoms with Crippen molar-refractivity contribution in [3.63, 3.8) is 0 Å². The van der Waals surface area contributed by atoms with E-state index in [0.29, 0.717) is 6.04 Å². The summed E-state index contributed by atoms with van der Waals surface area (Å²) in [6.07, 6.45) is 3.53. The number of hydrogen-bond acceptors (Lipinski definition) is 2. The lowest BCUT2D eigenvalue weighted by atomic mass is 10.0. The molecule has 106 valence electrons. The van der Waals surface area contributed by atoms with E-state index in [2.05, 4.69) is 24.1 Å². The summed E-state index contributed by atoms with van der Waals surface area (Å²) >= 11 is 0. The van der Waals surface area contributed by atoms with Gasteiger partial charge in [-0.15, -0.1) is 0 Å². The third kappa shape index (κ3) is 3.77. The Hall–Kier alpha value is -0.930. The molecule has 19 heavy (non-hydrogen) atoms.